The minimum Gasteiger partial charge on any atom is -0.508 e. The molecule has 3 rings (SSSR count). The van der Waals surface area contributed by atoms with Crippen LogP contribution in [0.1, 0.15) is 85.4 Å². The van der Waals surface area contributed by atoms with Crippen LogP contribution >= 0.6 is 0 Å². The van der Waals surface area contributed by atoms with Gasteiger partial charge in [0, 0.05) is 12.5 Å². The van der Waals surface area contributed by atoms with Crippen molar-refractivity contribution in [2.45, 2.75) is 110 Å². The number of alkyl carbamates (subject to hydrolysis) is 1. The molecular weight excluding hydrogens is 562 g/mol. The minimum atomic E-state index is -1.15. The summed E-state index contributed by atoms with van der Waals surface area (Å²) in [6, 6.07) is 11.9. The first-order valence-electron chi connectivity index (χ1n) is 15.1. The number of phenols is 1. The number of nitrogens with one attached hydrogen (secondary N) is 2. The highest BCUT2D eigenvalue weighted by Crippen LogP contribution is 2.36. The Morgan fingerprint density at radius 3 is 1.93 bits per heavy atom. The number of hydrogen-bond acceptors (Lipinski definition) is 7. The number of ether oxygens (including phenoxy) is 2. The van der Waals surface area contributed by atoms with Crippen LogP contribution in [0.15, 0.2) is 54.6 Å². The average molecular weight is 610 g/mol. The molecule has 10 nitrogen and oxygen atoms in total. The van der Waals surface area contributed by atoms with Crippen molar-refractivity contribution in [2.24, 2.45) is 5.92 Å². The van der Waals surface area contributed by atoms with E-state index in [9.17, 15) is 24.3 Å². The Kier molecular flexibility index (Phi) is 11.1. The maximum Gasteiger partial charge on any atom is 0.408 e. The van der Waals surface area contributed by atoms with Crippen LogP contribution in [0.2, 0.25) is 0 Å². The monoisotopic (exact) mass is 609 g/mol. The summed E-state index contributed by atoms with van der Waals surface area (Å²) in [5.41, 5.74) is -0.292. The van der Waals surface area contributed by atoms with Crippen molar-refractivity contribution in [2.75, 3.05) is 0 Å². The fourth-order valence-electron chi connectivity index (χ4n) is 4.74. The summed E-state index contributed by atoms with van der Waals surface area (Å²) >= 11 is 0. The summed E-state index contributed by atoms with van der Waals surface area (Å²) in [7, 11) is 0. The molecule has 1 fully saturated rings. The van der Waals surface area contributed by atoms with Gasteiger partial charge in [0.15, 0.2) is 0 Å². The van der Waals surface area contributed by atoms with Crippen LogP contribution in [-0.2, 0) is 30.3 Å². The SMILES string of the molecule is CC(C)C(NC(=O)OC(C)(C)C)C(=O)N(C1CC1)C(C(=O)NC(Cc1ccccc1)C(=O)OC(C)(C)C)c1ccc(O)cc1. The first-order valence-corrected chi connectivity index (χ1v) is 15.1. The maximum absolute atomic E-state index is 14.3. The molecule has 44 heavy (non-hydrogen) atoms. The lowest BCUT2D eigenvalue weighted by atomic mass is 9.98. The van der Waals surface area contributed by atoms with Gasteiger partial charge in [-0.2, -0.15) is 0 Å². The van der Waals surface area contributed by atoms with Gasteiger partial charge >= 0.3 is 12.1 Å². The van der Waals surface area contributed by atoms with Crippen LogP contribution in [0.3, 0.4) is 0 Å². The highest BCUT2D eigenvalue weighted by atomic mass is 16.6. The van der Waals surface area contributed by atoms with E-state index in [4.69, 9.17) is 9.47 Å². The van der Waals surface area contributed by atoms with Crippen molar-refractivity contribution in [1.29, 1.82) is 0 Å². The molecule has 3 atom stereocenters. The van der Waals surface area contributed by atoms with Crippen molar-refractivity contribution in [3.63, 3.8) is 0 Å². The molecule has 1 aliphatic carbocycles. The fourth-order valence-corrected chi connectivity index (χ4v) is 4.74. The number of rotatable bonds is 11. The zero-order chi connectivity index (χ0) is 32.8. The third kappa shape index (κ3) is 10.3. The molecule has 0 bridgehead atoms. The van der Waals surface area contributed by atoms with E-state index in [0.717, 1.165) is 5.56 Å². The lowest BCUT2D eigenvalue weighted by Crippen LogP contribution is -2.56. The Balaban J connectivity index is 2.01. The molecule has 0 radical (unpaired) electrons. The molecule has 3 unspecified atom stereocenters. The van der Waals surface area contributed by atoms with Gasteiger partial charge in [0.05, 0.1) is 0 Å². The van der Waals surface area contributed by atoms with Gasteiger partial charge in [0.2, 0.25) is 11.8 Å². The van der Waals surface area contributed by atoms with E-state index in [0.29, 0.717) is 18.4 Å². The van der Waals surface area contributed by atoms with Crippen LogP contribution in [0, 0.1) is 5.92 Å². The molecular formula is C34H47N3O7. The number of carbonyl (C=O) groups excluding carboxylic acids is 4. The van der Waals surface area contributed by atoms with E-state index in [1.165, 1.54) is 17.0 Å². The molecule has 1 aliphatic rings. The molecule has 3 N–H and O–H groups in total. The van der Waals surface area contributed by atoms with Gasteiger partial charge in [-0.1, -0.05) is 56.3 Å². The smallest absolute Gasteiger partial charge is 0.408 e. The first kappa shape index (κ1) is 34.4. The fraction of sp³-hybridized carbons (Fsp3) is 0.529. The Morgan fingerprint density at radius 2 is 1.43 bits per heavy atom. The van der Waals surface area contributed by atoms with Crippen molar-refractivity contribution in [3.8, 4) is 5.75 Å². The number of carbonyl (C=O) groups is 4. The molecule has 0 aliphatic heterocycles. The number of amides is 3. The van der Waals surface area contributed by atoms with E-state index < -0.39 is 53.2 Å². The second kappa shape index (κ2) is 14.1. The highest BCUT2D eigenvalue weighted by molar-refractivity contribution is 5.94. The lowest BCUT2D eigenvalue weighted by Gasteiger charge is -2.36. The Morgan fingerprint density at radius 1 is 0.864 bits per heavy atom. The number of aromatic hydroxyl groups is 1. The third-order valence-electron chi connectivity index (χ3n) is 6.83. The molecule has 0 aromatic heterocycles. The summed E-state index contributed by atoms with van der Waals surface area (Å²) in [6.45, 7) is 14.1. The first-order chi connectivity index (χ1) is 20.4. The van der Waals surface area contributed by atoms with E-state index in [1.54, 1.807) is 67.5 Å². The third-order valence-corrected chi connectivity index (χ3v) is 6.83. The second-order valence-electron chi connectivity index (χ2n) is 13.6. The van der Waals surface area contributed by atoms with Crippen LogP contribution in [-0.4, -0.2) is 63.2 Å². The quantitative estimate of drug-likeness (QED) is 0.304. The molecule has 3 amide bonds. The van der Waals surface area contributed by atoms with Crippen LogP contribution in [0.4, 0.5) is 4.79 Å². The van der Waals surface area contributed by atoms with Crippen molar-refractivity contribution < 1.29 is 33.8 Å². The van der Waals surface area contributed by atoms with Gasteiger partial charge in [-0.3, -0.25) is 9.59 Å². The minimum absolute atomic E-state index is 0.000403. The summed E-state index contributed by atoms with van der Waals surface area (Å²) in [5, 5.41) is 15.6. The summed E-state index contributed by atoms with van der Waals surface area (Å²) in [6.07, 6.45) is 0.781. The van der Waals surface area contributed by atoms with Gasteiger partial charge in [-0.15, -0.1) is 0 Å². The normalized spacial score (nSPS) is 15.5. The summed E-state index contributed by atoms with van der Waals surface area (Å²) in [4.78, 5) is 56.2. The molecule has 2 aromatic carbocycles. The van der Waals surface area contributed by atoms with E-state index in [1.807, 2.05) is 30.3 Å². The molecule has 0 spiro atoms. The van der Waals surface area contributed by atoms with Gasteiger partial charge in [-0.05, 0) is 83.6 Å². The van der Waals surface area contributed by atoms with Crippen LogP contribution in [0.5, 0.6) is 5.75 Å². The maximum atomic E-state index is 14.3. The lowest BCUT2D eigenvalue weighted by molar-refractivity contribution is -0.159. The second-order valence-corrected chi connectivity index (χ2v) is 13.6. The molecule has 1 saturated carbocycles. The molecule has 10 heteroatoms. The van der Waals surface area contributed by atoms with Gasteiger partial charge in [0.25, 0.3) is 0 Å². The van der Waals surface area contributed by atoms with E-state index in [-0.39, 0.29) is 24.1 Å². The number of esters is 1. The van der Waals surface area contributed by atoms with Gasteiger partial charge in [-0.25, -0.2) is 9.59 Å². The largest absolute Gasteiger partial charge is 0.508 e. The predicted octanol–water partition coefficient (Wildman–Crippen LogP) is 5.04. The Labute approximate surface area is 260 Å². The number of hydrogen-bond donors (Lipinski definition) is 3. The van der Waals surface area contributed by atoms with Crippen LogP contribution < -0.4 is 10.6 Å². The van der Waals surface area contributed by atoms with Crippen LogP contribution in [0.25, 0.3) is 0 Å². The van der Waals surface area contributed by atoms with E-state index in [2.05, 4.69) is 10.6 Å². The van der Waals surface area contributed by atoms with Crippen molar-refractivity contribution in [1.82, 2.24) is 15.5 Å². The Hall–Kier alpha value is -4.08. The molecule has 240 valence electrons. The Bertz CT molecular complexity index is 1290. The standard InChI is InChI=1S/C34H47N3O7/c1-21(2)27(36-32(42)44-34(6,7)8)30(40)37(24-16-17-24)28(23-14-18-25(38)19-15-23)29(39)35-26(31(41)43-33(3,4)5)20-22-12-10-9-11-13-22/h9-15,18-19,21,24,26-28,38H,16-17,20H2,1-8H3,(H,35,39)(H,36,42). The molecule has 0 heterocycles. The summed E-state index contributed by atoms with van der Waals surface area (Å²) < 4.78 is 11.1. The molecule has 2 aromatic rings. The van der Waals surface area contributed by atoms with Gasteiger partial charge in [0.1, 0.15) is 35.1 Å². The number of nitrogens with zero attached hydrogens (tertiary/aromatic N) is 1. The topological polar surface area (TPSA) is 134 Å². The van der Waals surface area contributed by atoms with Gasteiger partial charge < -0.3 is 30.1 Å². The zero-order valence-corrected chi connectivity index (χ0v) is 27.0. The highest BCUT2D eigenvalue weighted by Gasteiger charge is 2.45. The zero-order valence-electron chi connectivity index (χ0n) is 27.0. The van der Waals surface area contributed by atoms with Crippen molar-refractivity contribution in [3.05, 3.63) is 65.7 Å². The number of benzene rings is 2. The molecule has 0 saturated heterocycles. The number of phenolic OH excluding ortho intramolecular Hbond substituents is 1. The van der Waals surface area contributed by atoms with E-state index >= 15 is 0 Å². The predicted molar refractivity (Wildman–Crippen MR) is 167 cm³/mol. The van der Waals surface area contributed by atoms with Crippen molar-refractivity contribution >= 4 is 23.9 Å². The summed E-state index contributed by atoms with van der Waals surface area (Å²) in [5.74, 6) is -1.96. The average Bonchev–Trinajstić information content (AvgIpc) is 3.74.